The highest BCUT2D eigenvalue weighted by Crippen LogP contribution is 2.63. The van der Waals surface area contributed by atoms with Crippen molar-refractivity contribution < 1.29 is 42.9 Å². The summed E-state index contributed by atoms with van der Waals surface area (Å²) in [7, 11) is 0. The van der Waals surface area contributed by atoms with Gasteiger partial charge < -0.3 is 18.9 Å². The molecular formula is C37H41NO9. The summed E-state index contributed by atoms with van der Waals surface area (Å²) in [6.45, 7) is 14.3. The summed E-state index contributed by atoms with van der Waals surface area (Å²) in [4.78, 5) is 71.2. The molecule has 0 unspecified atom stereocenters. The normalized spacial score (nSPS) is 32.3. The SMILES string of the molecule is C=C1[C@@H](OC(=O)c2cccnc2)C[C@H]2[C@@H](/C=C(\C)C(=O)[C@@]3(OC(C)=O)C[C@H](C)[C@H](OC(=O)c4ccccc4)[C@@H]3[C@H]1OC(C)=O)C2(C)C. The summed E-state index contributed by atoms with van der Waals surface area (Å²) in [5, 5.41) is 0. The van der Waals surface area contributed by atoms with Gasteiger partial charge in [-0.15, -0.1) is 0 Å². The number of carbonyl (C=O) groups is 5. The van der Waals surface area contributed by atoms with E-state index in [0.717, 1.165) is 0 Å². The van der Waals surface area contributed by atoms with Gasteiger partial charge in [-0.1, -0.05) is 51.6 Å². The van der Waals surface area contributed by atoms with Crippen LogP contribution in [-0.4, -0.2) is 58.6 Å². The van der Waals surface area contributed by atoms with Crippen LogP contribution in [0, 0.1) is 29.1 Å². The maximum absolute atomic E-state index is 14.7. The van der Waals surface area contributed by atoms with Crippen LogP contribution in [0.4, 0.5) is 0 Å². The zero-order valence-corrected chi connectivity index (χ0v) is 27.6. The van der Waals surface area contributed by atoms with Crippen LogP contribution in [0.3, 0.4) is 0 Å². The van der Waals surface area contributed by atoms with Crippen LogP contribution in [0.2, 0.25) is 0 Å². The molecule has 1 aromatic heterocycles. The largest absolute Gasteiger partial charge is 0.458 e. The van der Waals surface area contributed by atoms with Gasteiger partial charge in [-0.2, -0.15) is 0 Å². The molecule has 3 aliphatic carbocycles. The highest BCUT2D eigenvalue weighted by Gasteiger charge is 2.66. The molecule has 0 saturated heterocycles. The monoisotopic (exact) mass is 643 g/mol. The number of carbonyl (C=O) groups excluding carboxylic acids is 5. The van der Waals surface area contributed by atoms with E-state index >= 15 is 0 Å². The van der Waals surface area contributed by atoms with Gasteiger partial charge in [0.05, 0.1) is 17.0 Å². The van der Waals surface area contributed by atoms with E-state index in [1.165, 1.54) is 26.2 Å². The number of benzene rings is 1. The number of Topliss-reactive ketones (excluding diaryl/α,β-unsaturated/α-hetero) is 1. The first-order valence-electron chi connectivity index (χ1n) is 15.8. The highest BCUT2D eigenvalue weighted by atomic mass is 16.6. The van der Waals surface area contributed by atoms with Crippen molar-refractivity contribution in [2.75, 3.05) is 0 Å². The molecule has 1 aromatic carbocycles. The van der Waals surface area contributed by atoms with Crippen LogP contribution in [0.1, 0.15) is 75.1 Å². The van der Waals surface area contributed by atoms with Crippen LogP contribution < -0.4 is 0 Å². The predicted molar refractivity (Wildman–Crippen MR) is 170 cm³/mol. The lowest BCUT2D eigenvalue weighted by Crippen LogP contribution is -2.55. The smallest absolute Gasteiger partial charge is 0.340 e. The molecule has 3 aliphatic rings. The standard InChI is InChI=1S/C37H41NO9/c1-20-16-27-28(36(27,6)7)17-29(45-35(43)26-14-11-15-38-19-26)22(3)32(44-23(4)39)30-31(46-34(42)25-12-9-8-10-13-25)21(2)18-37(30,33(20)41)47-24(5)40/h8-16,19,21,27-32H,3,17-18H2,1-2,4-7H3/b20-16+/t21-,27+,28-,29-,30+,31-,32-,37+/m0/s1. The van der Waals surface area contributed by atoms with Gasteiger partial charge in [0, 0.05) is 38.2 Å². The van der Waals surface area contributed by atoms with Crippen molar-refractivity contribution in [1.29, 1.82) is 0 Å². The molecular weight excluding hydrogens is 602 g/mol. The first-order chi connectivity index (χ1) is 22.2. The summed E-state index contributed by atoms with van der Waals surface area (Å²) in [6.07, 6.45) is 1.70. The Morgan fingerprint density at radius 3 is 2.19 bits per heavy atom. The van der Waals surface area contributed by atoms with Gasteiger partial charge in [-0.25, -0.2) is 9.59 Å². The number of esters is 4. The second-order valence-corrected chi connectivity index (χ2v) is 13.5. The fourth-order valence-corrected chi connectivity index (χ4v) is 7.55. The number of hydrogen-bond acceptors (Lipinski definition) is 10. The van der Waals surface area contributed by atoms with Gasteiger partial charge in [0.15, 0.2) is 5.60 Å². The summed E-state index contributed by atoms with van der Waals surface area (Å²) >= 11 is 0. The summed E-state index contributed by atoms with van der Waals surface area (Å²) < 4.78 is 24.2. The maximum Gasteiger partial charge on any atom is 0.340 e. The van der Waals surface area contributed by atoms with Crippen LogP contribution in [0.25, 0.3) is 0 Å². The number of nitrogens with zero attached hydrogens (tertiary/aromatic N) is 1. The third-order valence-corrected chi connectivity index (χ3v) is 9.98. The number of aromatic nitrogens is 1. The Hall–Kier alpha value is -4.60. The molecule has 0 amide bonds. The summed E-state index contributed by atoms with van der Waals surface area (Å²) in [5.74, 6) is -5.08. The van der Waals surface area contributed by atoms with Gasteiger partial charge in [0.2, 0.25) is 5.78 Å². The second-order valence-electron chi connectivity index (χ2n) is 13.5. The molecule has 2 aromatic rings. The quantitative estimate of drug-likeness (QED) is 0.227. The second kappa shape index (κ2) is 12.9. The number of rotatable bonds is 6. The number of ketones is 1. The third-order valence-electron chi connectivity index (χ3n) is 9.98. The molecule has 248 valence electrons. The molecule has 8 atom stereocenters. The first-order valence-corrected chi connectivity index (χ1v) is 15.8. The molecule has 2 saturated carbocycles. The van der Waals surface area contributed by atoms with Crippen molar-refractivity contribution in [3.05, 3.63) is 89.8 Å². The Bertz CT molecular complexity index is 1610. The number of allylic oxidation sites excluding steroid dienone is 1. The van der Waals surface area contributed by atoms with E-state index in [-0.39, 0.29) is 40.4 Å². The lowest BCUT2D eigenvalue weighted by atomic mass is 9.76. The molecule has 0 bridgehead atoms. The zero-order valence-electron chi connectivity index (χ0n) is 27.6. The summed E-state index contributed by atoms with van der Waals surface area (Å²) in [5.41, 5.74) is -1.11. The first kappa shape index (κ1) is 33.8. The van der Waals surface area contributed by atoms with Crippen molar-refractivity contribution in [1.82, 2.24) is 4.98 Å². The third kappa shape index (κ3) is 6.50. The fourth-order valence-electron chi connectivity index (χ4n) is 7.55. The average molecular weight is 644 g/mol. The van der Waals surface area contributed by atoms with Crippen LogP contribution in [-0.2, 0) is 33.3 Å². The fraction of sp³-hybridized carbons (Fsp3) is 0.459. The molecule has 0 radical (unpaired) electrons. The van der Waals surface area contributed by atoms with Crippen LogP contribution in [0.15, 0.2) is 78.7 Å². The molecule has 5 rings (SSSR count). The van der Waals surface area contributed by atoms with Gasteiger partial charge >= 0.3 is 23.9 Å². The molecule has 2 fully saturated rings. The lowest BCUT2D eigenvalue weighted by Gasteiger charge is -2.40. The molecule has 0 spiro atoms. The molecule has 10 nitrogen and oxygen atoms in total. The Balaban J connectivity index is 1.68. The van der Waals surface area contributed by atoms with Crippen molar-refractivity contribution in [2.45, 2.75) is 78.3 Å². The molecule has 47 heavy (non-hydrogen) atoms. The van der Waals surface area contributed by atoms with E-state index in [2.05, 4.69) is 25.4 Å². The van der Waals surface area contributed by atoms with Crippen molar-refractivity contribution >= 4 is 29.7 Å². The molecule has 1 heterocycles. The van der Waals surface area contributed by atoms with Gasteiger partial charge in [0.1, 0.15) is 18.3 Å². The minimum atomic E-state index is -1.90. The van der Waals surface area contributed by atoms with Gasteiger partial charge in [-0.3, -0.25) is 19.4 Å². The minimum Gasteiger partial charge on any atom is -0.458 e. The molecule has 0 N–H and O–H groups in total. The zero-order chi connectivity index (χ0) is 34.3. The van der Waals surface area contributed by atoms with Crippen LogP contribution in [0.5, 0.6) is 0 Å². The van der Waals surface area contributed by atoms with Gasteiger partial charge in [0.25, 0.3) is 0 Å². The summed E-state index contributed by atoms with van der Waals surface area (Å²) in [6, 6.07) is 11.5. The Morgan fingerprint density at radius 1 is 0.915 bits per heavy atom. The molecule has 0 aliphatic heterocycles. The maximum atomic E-state index is 14.7. The van der Waals surface area contributed by atoms with Crippen molar-refractivity contribution in [2.24, 2.45) is 29.1 Å². The Labute approximate surface area is 274 Å². The van der Waals surface area contributed by atoms with E-state index in [4.69, 9.17) is 18.9 Å². The van der Waals surface area contributed by atoms with E-state index < -0.39 is 65.4 Å². The van der Waals surface area contributed by atoms with Crippen molar-refractivity contribution in [3.8, 4) is 0 Å². The minimum absolute atomic E-state index is 0.0172. The number of pyridine rings is 1. The predicted octanol–water partition coefficient (Wildman–Crippen LogP) is 5.47. The highest BCUT2D eigenvalue weighted by molar-refractivity contribution is 6.03. The lowest BCUT2D eigenvalue weighted by molar-refractivity contribution is -0.179. The van der Waals surface area contributed by atoms with E-state index in [1.807, 2.05) is 6.08 Å². The topological polar surface area (TPSA) is 135 Å². The van der Waals surface area contributed by atoms with Gasteiger partial charge in [-0.05, 0) is 66.4 Å². The number of hydrogen-bond donors (Lipinski definition) is 0. The number of fused-ring (bicyclic) bond motifs is 2. The van der Waals surface area contributed by atoms with E-state index in [9.17, 15) is 24.0 Å². The van der Waals surface area contributed by atoms with Crippen molar-refractivity contribution in [3.63, 3.8) is 0 Å². The van der Waals surface area contributed by atoms with Crippen LogP contribution >= 0.6 is 0 Å². The average Bonchev–Trinajstić information content (AvgIpc) is 3.41. The Kier molecular flexibility index (Phi) is 9.26. The van der Waals surface area contributed by atoms with E-state index in [1.54, 1.807) is 56.3 Å². The Morgan fingerprint density at radius 2 is 1.57 bits per heavy atom. The van der Waals surface area contributed by atoms with E-state index in [0.29, 0.717) is 12.0 Å². The molecule has 10 heteroatoms. The number of ether oxygens (including phenoxy) is 4.